The molecule has 6 aliphatic rings. The number of benzene rings is 1. The van der Waals surface area contributed by atoms with Crippen LogP contribution in [0, 0.1) is 5.82 Å². The number of nitrogens with zero attached hydrogens (tertiary/aromatic N) is 7. The van der Waals surface area contributed by atoms with Crippen molar-refractivity contribution in [2.45, 2.75) is 94.8 Å². The summed E-state index contributed by atoms with van der Waals surface area (Å²) in [5, 5.41) is 8.25. The number of fused-ring (bicyclic) bond motifs is 4. The number of nitrogens with one attached hydrogen (secondary N) is 1. The van der Waals surface area contributed by atoms with E-state index in [-0.39, 0.29) is 48.2 Å². The fourth-order valence-electron chi connectivity index (χ4n) is 8.66. The van der Waals surface area contributed by atoms with E-state index in [1.807, 2.05) is 9.80 Å². The number of nitrogens with two attached hydrogens (primary N) is 1. The molecule has 6 aliphatic heterocycles. The summed E-state index contributed by atoms with van der Waals surface area (Å²) in [5.74, 6) is -0.913. The smallest absolute Gasteiger partial charge is 0.416 e. The summed E-state index contributed by atoms with van der Waals surface area (Å²) in [6.45, 7) is 4.47. The molecule has 18 heteroatoms. The third kappa shape index (κ3) is 6.67. The second kappa shape index (κ2) is 14.1. The maximum atomic E-state index is 15.1. The number of hydrogen-bond acceptors (Lipinski definition) is 10. The number of aryl methyl sites for hydroxylation is 1. The van der Waals surface area contributed by atoms with E-state index in [1.165, 1.54) is 20.0 Å². The lowest BCUT2D eigenvalue weighted by Gasteiger charge is -2.43. The number of alkyl halides is 4. The Morgan fingerprint density at radius 2 is 1.96 bits per heavy atom. The first-order chi connectivity index (χ1) is 25.4. The number of likely N-dealkylation sites (tertiary alicyclic amines) is 1. The van der Waals surface area contributed by atoms with Gasteiger partial charge in [0.1, 0.15) is 12.0 Å². The summed E-state index contributed by atoms with van der Waals surface area (Å²) in [5.41, 5.74) is 5.19. The molecule has 12 nitrogen and oxygen atoms in total. The Kier molecular flexibility index (Phi) is 9.64. The van der Waals surface area contributed by atoms with Crippen molar-refractivity contribution in [2.24, 2.45) is 0 Å². The van der Waals surface area contributed by atoms with E-state index >= 15 is 4.39 Å². The Morgan fingerprint density at radius 3 is 2.72 bits per heavy atom. The summed E-state index contributed by atoms with van der Waals surface area (Å²) < 4.78 is 82.2. The van der Waals surface area contributed by atoms with E-state index in [2.05, 4.69) is 25.3 Å². The molecule has 9 rings (SSSR count). The van der Waals surface area contributed by atoms with E-state index in [1.54, 1.807) is 4.68 Å². The number of amides is 1. The first-order valence-corrected chi connectivity index (χ1v) is 18.4. The van der Waals surface area contributed by atoms with Gasteiger partial charge < -0.3 is 30.3 Å². The van der Waals surface area contributed by atoms with Gasteiger partial charge in [0, 0.05) is 55.8 Å². The minimum atomic E-state index is -4.82. The van der Waals surface area contributed by atoms with Gasteiger partial charge in [0.15, 0.2) is 11.5 Å². The predicted molar refractivity (Wildman–Crippen MR) is 184 cm³/mol. The summed E-state index contributed by atoms with van der Waals surface area (Å²) in [6, 6.07) is 2.72. The molecule has 1 aromatic carbocycles. The molecular weight excluding hydrogens is 725 g/mol. The largest absolute Gasteiger partial charge is 0.467 e. The van der Waals surface area contributed by atoms with Crippen LogP contribution in [0.15, 0.2) is 12.1 Å². The highest BCUT2D eigenvalue weighted by Gasteiger charge is 2.46. The zero-order valence-electron chi connectivity index (χ0n) is 29.1. The first-order valence-electron chi connectivity index (χ1n) is 18.0. The molecule has 8 heterocycles. The van der Waals surface area contributed by atoms with Gasteiger partial charge in [-0.25, -0.2) is 8.78 Å². The van der Waals surface area contributed by atoms with Gasteiger partial charge in [-0.2, -0.15) is 28.2 Å². The molecule has 5 atom stereocenters. The van der Waals surface area contributed by atoms with E-state index in [9.17, 15) is 22.4 Å². The van der Waals surface area contributed by atoms with Crippen molar-refractivity contribution in [3.05, 3.63) is 56.7 Å². The zero-order valence-corrected chi connectivity index (χ0v) is 29.9. The first kappa shape index (κ1) is 36.2. The number of ether oxygens (including phenoxy) is 2. The monoisotopic (exact) mass is 765 g/mol. The summed E-state index contributed by atoms with van der Waals surface area (Å²) in [6.07, 6.45) is -1.93. The number of halogens is 6. The molecule has 1 amide bonds. The van der Waals surface area contributed by atoms with Crippen LogP contribution in [0.4, 0.5) is 33.5 Å². The van der Waals surface area contributed by atoms with E-state index in [4.69, 9.17) is 26.8 Å². The molecular formula is C35H41ClF5N9O3. The highest BCUT2D eigenvalue weighted by atomic mass is 35.5. The van der Waals surface area contributed by atoms with Gasteiger partial charge >= 0.3 is 12.2 Å². The summed E-state index contributed by atoms with van der Waals surface area (Å²) in [7, 11) is 1.38. The van der Waals surface area contributed by atoms with Crippen LogP contribution in [-0.2, 0) is 37.0 Å². The Balaban J connectivity index is 0.000000386. The van der Waals surface area contributed by atoms with Gasteiger partial charge in [0.05, 0.1) is 60.1 Å². The number of hydrogen-bond donors (Lipinski definition) is 2. The Morgan fingerprint density at radius 1 is 1.13 bits per heavy atom. The number of anilines is 2. The second-order valence-electron chi connectivity index (χ2n) is 14.5. The molecule has 3 N–H and O–H groups in total. The average molecular weight is 766 g/mol. The molecule has 286 valence electrons. The standard InChI is InChI=1S/C28H29ClF4N8O3.C7H12FN/c1-43-27-36-16-9-20(21-14(28(31,32)33)3-4-15(34)23(21)30)44-12-13(16)25(37-27)39-7-2-8-41-19(11-39)22(29)24(38-41)26(42)40-10-17-18(40)5-6-35-17;8-6-4-7-2-1-3-9(7)5-6/h3-4,17-18,20,35H,2,5-12,34H2,1H3;6-7H,1-5H2. The number of methoxy groups -OCH3 is 1. The third-order valence-corrected chi connectivity index (χ3v) is 11.7. The van der Waals surface area contributed by atoms with Gasteiger partial charge in [0.2, 0.25) is 0 Å². The van der Waals surface area contributed by atoms with Crippen molar-refractivity contribution in [3.8, 4) is 6.01 Å². The lowest BCUT2D eigenvalue weighted by molar-refractivity contribution is -0.140. The van der Waals surface area contributed by atoms with Crippen LogP contribution in [0.1, 0.15) is 76.8 Å². The van der Waals surface area contributed by atoms with Crippen molar-refractivity contribution in [3.63, 3.8) is 0 Å². The van der Waals surface area contributed by atoms with Crippen molar-refractivity contribution in [1.82, 2.24) is 34.9 Å². The minimum absolute atomic E-state index is 0.000668. The molecule has 0 saturated carbocycles. The SMILES string of the molecule is COc1nc2c(c(N3CCCn4nc(C(=O)N5CC6NCCC65)c(Cl)c4C3)n1)COC(c1c(C(F)(F)F)ccc(N)c1F)C2.FC1CC2CCCN2C1. The van der Waals surface area contributed by atoms with Crippen molar-refractivity contribution >= 4 is 29.0 Å². The highest BCUT2D eigenvalue weighted by molar-refractivity contribution is 6.34. The topological polar surface area (TPSA) is 127 Å². The van der Waals surface area contributed by atoms with Crippen LogP contribution in [-0.4, -0.2) is 99.6 Å². The van der Waals surface area contributed by atoms with Gasteiger partial charge in [0.25, 0.3) is 5.91 Å². The number of carbonyl (C=O) groups is 1. The molecule has 3 aromatic rings. The van der Waals surface area contributed by atoms with Gasteiger partial charge in [-0.15, -0.1) is 0 Å². The van der Waals surface area contributed by atoms with Crippen LogP contribution in [0.5, 0.6) is 6.01 Å². The summed E-state index contributed by atoms with van der Waals surface area (Å²) >= 11 is 6.81. The third-order valence-electron chi connectivity index (χ3n) is 11.3. The van der Waals surface area contributed by atoms with E-state index in [0.717, 1.165) is 38.1 Å². The normalized spacial score (nSPS) is 26.5. The van der Waals surface area contributed by atoms with Gasteiger partial charge in [-0.3, -0.25) is 14.4 Å². The summed E-state index contributed by atoms with van der Waals surface area (Å²) in [4.78, 5) is 28.4. The quantitative estimate of drug-likeness (QED) is 0.286. The fourth-order valence-corrected chi connectivity index (χ4v) is 8.93. The van der Waals surface area contributed by atoms with E-state index < -0.39 is 41.1 Å². The van der Waals surface area contributed by atoms with Crippen LogP contribution in [0.25, 0.3) is 0 Å². The zero-order chi connectivity index (χ0) is 37.2. The van der Waals surface area contributed by atoms with Crippen LogP contribution in [0.2, 0.25) is 5.02 Å². The number of aromatic nitrogens is 4. The highest BCUT2D eigenvalue weighted by Crippen LogP contribution is 2.43. The van der Waals surface area contributed by atoms with Crippen LogP contribution in [0.3, 0.4) is 0 Å². The Hall–Kier alpha value is -3.80. The molecule has 5 unspecified atom stereocenters. The maximum Gasteiger partial charge on any atom is 0.416 e. The molecule has 53 heavy (non-hydrogen) atoms. The van der Waals surface area contributed by atoms with E-state index in [0.29, 0.717) is 67.5 Å². The van der Waals surface area contributed by atoms with Gasteiger partial charge in [-0.05, 0) is 57.3 Å². The lowest BCUT2D eigenvalue weighted by Crippen LogP contribution is -2.62. The molecule has 0 aliphatic carbocycles. The van der Waals surface area contributed by atoms with Crippen LogP contribution < -0.4 is 20.7 Å². The van der Waals surface area contributed by atoms with Crippen LogP contribution >= 0.6 is 11.6 Å². The van der Waals surface area contributed by atoms with Crippen molar-refractivity contribution < 1.29 is 36.2 Å². The predicted octanol–water partition coefficient (Wildman–Crippen LogP) is 4.68. The number of carbonyl (C=O) groups excluding carboxylic acids is 1. The molecule has 2 aromatic heterocycles. The maximum absolute atomic E-state index is 15.1. The molecule has 0 spiro atoms. The Labute approximate surface area is 307 Å². The average Bonchev–Trinajstić information content (AvgIpc) is 3.84. The number of nitrogen functional groups attached to an aromatic ring is 1. The molecule has 4 fully saturated rings. The number of rotatable bonds is 4. The molecule has 0 radical (unpaired) electrons. The second-order valence-corrected chi connectivity index (χ2v) is 14.9. The lowest BCUT2D eigenvalue weighted by atomic mass is 9.94. The van der Waals surface area contributed by atoms with Crippen molar-refractivity contribution in [2.75, 3.05) is 50.5 Å². The van der Waals surface area contributed by atoms with Gasteiger partial charge in [-0.1, -0.05) is 11.6 Å². The fraction of sp³-hybridized carbons (Fsp3) is 0.600. The molecule has 4 saturated heterocycles. The minimum Gasteiger partial charge on any atom is -0.467 e. The molecule has 0 bridgehead atoms. The Bertz CT molecular complexity index is 1880. The van der Waals surface area contributed by atoms with Crippen molar-refractivity contribution in [1.29, 1.82) is 0 Å².